The van der Waals surface area contributed by atoms with Crippen LogP contribution in [0.25, 0.3) is 0 Å². The molecule has 0 nitrogen and oxygen atoms in total. The van der Waals surface area contributed by atoms with E-state index < -0.39 is 0 Å². The average Bonchev–Trinajstić information content (AvgIpc) is 2.99. The predicted molar refractivity (Wildman–Crippen MR) is 89.9 cm³/mol. The van der Waals surface area contributed by atoms with Crippen LogP contribution in [0, 0.1) is 0 Å². The molecule has 0 aromatic rings. The maximum absolute atomic E-state index is 2.48. The van der Waals surface area contributed by atoms with Gasteiger partial charge in [0, 0.05) is 0 Å². The van der Waals surface area contributed by atoms with Gasteiger partial charge in [0.1, 0.15) is 0 Å². The molecule has 0 aliphatic heterocycles. The van der Waals surface area contributed by atoms with Crippen molar-refractivity contribution in [3.05, 3.63) is 42.2 Å². The number of halogens is 2. The molecule has 2 aliphatic rings. The molecule has 0 heterocycles. The second-order valence-electron chi connectivity index (χ2n) is 6.43. The van der Waals surface area contributed by atoms with Crippen LogP contribution in [0.1, 0.15) is 79.1 Å². The molecule has 2 aliphatic carbocycles. The Morgan fingerprint density at radius 3 is 1.52 bits per heavy atom. The monoisotopic (exact) mass is 476 g/mol. The molecule has 0 bridgehead atoms. The van der Waals surface area contributed by atoms with E-state index in [2.05, 4.69) is 39.8 Å². The molecular weight excluding hydrogens is 448 g/mol. The quantitative estimate of drug-likeness (QED) is 0.451. The summed E-state index contributed by atoms with van der Waals surface area (Å²) in [5.41, 5.74) is 6.65. The molecule has 3 heteroatoms. The SMILES string of the molecule is CCCCC1=[C]([Ti+2][C]2=C(CCCC)C(C)=CC2)CC=C1C.[Br-].[Br-]. The molecule has 0 unspecified atom stereocenters. The molecule has 0 amide bonds. The Balaban J connectivity index is 0.00000242. The van der Waals surface area contributed by atoms with Gasteiger partial charge in [-0.1, -0.05) is 0 Å². The van der Waals surface area contributed by atoms with Gasteiger partial charge in [0.05, 0.1) is 0 Å². The topological polar surface area (TPSA) is 0 Å². The standard InChI is InChI=1S/2C10H15.2BrH.Ti/c2*1-3-4-7-10-8-5-6-9(10)2;;;/h2*6H,3-5,7H2,1-2H3;2*1H;/q;;;;+2/p-2. The van der Waals surface area contributed by atoms with Crippen molar-refractivity contribution in [3.8, 4) is 0 Å². The summed E-state index contributed by atoms with van der Waals surface area (Å²) in [5, 5.41) is 0. The molecule has 0 saturated carbocycles. The Bertz CT molecular complexity index is 464. The van der Waals surface area contributed by atoms with E-state index >= 15 is 0 Å². The Morgan fingerprint density at radius 1 is 0.783 bits per heavy atom. The summed E-state index contributed by atoms with van der Waals surface area (Å²) in [7, 11) is 0. The van der Waals surface area contributed by atoms with Gasteiger partial charge in [-0.3, -0.25) is 0 Å². The summed E-state index contributed by atoms with van der Waals surface area (Å²) < 4.78 is 3.68. The summed E-state index contributed by atoms with van der Waals surface area (Å²) in [6.45, 7) is 9.27. The van der Waals surface area contributed by atoms with Gasteiger partial charge in [-0.15, -0.1) is 0 Å². The van der Waals surface area contributed by atoms with Crippen LogP contribution in [0.15, 0.2) is 42.2 Å². The van der Waals surface area contributed by atoms with Gasteiger partial charge < -0.3 is 34.0 Å². The van der Waals surface area contributed by atoms with E-state index in [1.54, 1.807) is 22.3 Å². The van der Waals surface area contributed by atoms with E-state index in [-0.39, 0.29) is 53.1 Å². The van der Waals surface area contributed by atoms with Crippen LogP contribution in [-0.2, 0) is 19.2 Å². The minimum absolute atomic E-state index is 0. The minimum Gasteiger partial charge on any atom is -1.00 e. The molecule has 0 aromatic heterocycles. The molecule has 0 saturated heterocycles. The largest absolute Gasteiger partial charge is 1.00 e. The van der Waals surface area contributed by atoms with E-state index in [9.17, 15) is 0 Å². The van der Waals surface area contributed by atoms with E-state index in [1.165, 1.54) is 51.4 Å². The van der Waals surface area contributed by atoms with Crippen molar-refractivity contribution in [3.63, 3.8) is 0 Å². The first-order chi connectivity index (χ1) is 10.2. The van der Waals surface area contributed by atoms with Crippen molar-refractivity contribution >= 4 is 0 Å². The predicted octanol–water partition coefficient (Wildman–Crippen LogP) is 0.666. The van der Waals surface area contributed by atoms with Crippen LogP contribution >= 0.6 is 0 Å². The van der Waals surface area contributed by atoms with Crippen molar-refractivity contribution in [2.45, 2.75) is 79.1 Å². The molecular formula is C20H30Br2Ti. The van der Waals surface area contributed by atoms with Crippen LogP contribution < -0.4 is 34.0 Å². The summed E-state index contributed by atoms with van der Waals surface area (Å²) >= 11 is -0.0520. The van der Waals surface area contributed by atoms with Crippen molar-refractivity contribution in [1.82, 2.24) is 0 Å². The van der Waals surface area contributed by atoms with Crippen molar-refractivity contribution in [1.29, 1.82) is 0 Å². The fourth-order valence-corrected chi connectivity index (χ4v) is 6.00. The fraction of sp³-hybridized carbons (Fsp3) is 0.600. The molecule has 0 atom stereocenters. The smallest absolute Gasteiger partial charge is 1.00 e. The van der Waals surface area contributed by atoms with E-state index in [1.807, 2.05) is 7.76 Å². The molecule has 0 fully saturated rings. The van der Waals surface area contributed by atoms with Gasteiger partial charge in [0.2, 0.25) is 0 Å². The number of rotatable bonds is 8. The Labute approximate surface area is 173 Å². The van der Waals surface area contributed by atoms with E-state index in [0.29, 0.717) is 0 Å². The van der Waals surface area contributed by atoms with Crippen LogP contribution in [0.2, 0.25) is 0 Å². The third kappa shape index (κ3) is 6.46. The van der Waals surface area contributed by atoms with Gasteiger partial charge in [-0.25, -0.2) is 0 Å². The molecule has 0 radical (unpaired) electrons. The van der Waals surface area contributed by atoms with Gasteiger partial charge in [-0.05, 0) is 0 Å². The number of hydrogen-bond donors (Lipinski definition) is 0. The zero-order valence-electron chi connectivity index (χ0n) is 15.1. The zero-order valence-corrected chi connectivity index (χ0v) is 19.8. The van der Waals surface area contributed by atoms with Crippen LogP contribution in [-0.4, -0.2) is 0 Å². The van der Waals surface area contributed by atoms with Crippen LogP contribution in [0.5, 0.6) is 0 Å². The first-order valence-electron chi connectivity index (χ1n) is 8.72. The number of allylic oxidation sites excluding steroid dienone is 8. The Hall–Kier alpha value is 0.634. The van der Waals surface area contributed by atoms with Crippen molar-refractivity contribution < 1.29 is 53.1 Å². The van der Waals surface area contributed by atoms with Gasteiger partial charge in [-0.2, -0.15) is 0 Å². The van der Waals surface area contributed by atoms with Gasteiger partial charge >= 0.3 is 140 Å². The van der Waals surface area contributed by atoms with E-state index in [0.717, 1.165) is 0 Å². The Kier molecular flexibility index (Phi) is 12.4. The Morgan fingerprint density at radius 2 is 1.17 bits per heavy atom. The third-order valence-electron chi connectivity index (χ3n) is 4.77. The molecule has 0 aromatic carbocycles. The zero-order chi connectivity index (χ0) is 15.2. The maximum atomic E-state index is 2.48. The first-order valence-corrected chi connectivity index (χ1v) is 10.3. The fourth-order valence-electron chi connectivity index (χ4n) is 3.32. The third-order valence-corrected chi connectivity index (χ3v) is 7.29. The van der Waals surface area contributed by atoms with Gasteiger partial charge in [0.25, 0.3) is 0 Å². The summed E-state index contributed by atoms with van der Waals surface area (Å²) in [6, 6.07) is 0. The molecule has 0 spiro atoms. The first kappa shape index (κ1) is 23.6. The van der Waals surface area contributed by atoms with Crippen LogP contribution in [0.4, 0.5) is 0 Å². The molecule has 23 heavy (non-hydrogen) atoms. The summed E-state index contributed by atoms with van der Waals surface area (Å²) in [5.74, 6) is 0. The second kappa shape index (κ2) is 12.1. The van der Waals surface area contributed by atoms with E-state index in [4.69, 9.17) is 0 Å². The molecule has 0 N–H and O–H groups in total. The summed E-state index contributed by atoms with van der Waals surface area (Å²) in [4.78, 5) is 0. The average molecular weight is 478 g/mol. The van der Waals surface area contributed by atoms with Crippen molar-refractivity contribution in [2.24, 2.45) is 0 Å². The van der Waals surface area contributed by atoms with Gasteiger partial charge in [0.15, 0.2) is 0 Å². The normalized spacial score (nSPS) is 16.7. The molecule has 128 valence electrons. The van der Waals surface area contributed by atoms with Crippen molar-refractivity contribution in [2.75, 3.05) is 0 Å². The maximum Gasteiger partial charge on any atom is -1.00 e. The number of hydrogen-bond acceptors (Lipinski definition) is 0. The number of unbranched alkanes of at least 4 members (excludes halogenated alkanes) is 2. The minimum atomic E-state index is -0.0520. The van der Waals surface area contributed by atoms with Crippen LogP contribution in [0.3, 0.4) is 0 Å². The summed E-state index contributed by atoms with van der Waals surface area (Å²) in [6.07, 6.45) is 15.5. The molecule has 2 rings (SSSR count). The second-order valence-corrected chi connectivity index (χ2v) is 8.70.